The Morgan fingerprint density at radius 3 is 2.89 bits per heavy atom. The number of aliphatic hydroxyl groups is 1. The second-order valence-corrected chi connectivity index (χ2v) is 7.30. The molecule has 3 aromatic rings. The van der Waals surface area contributed by atoms with Gasteiger partial charge in [0, 0.05) is 12.6 Å². The number of nitrogens with zero attached hydrogens (tertiary/aromatic N) is 3. The molecule has 1 amide bonds. The van der Waals surface area contributed by atoms with Gasteiger partial charge in [-0.1, -0.05) is 36.4 Å². The van der Waals surface area contributed by atoms with Crippen molar-refractivity contribution in [2.24, 2.45) is 5.92 Å². The van der Waals surface area contributed by atoms with Gasteiger partial charge in [0.15, 0.2) is 12.1 Å². The second-order valence-electron chi connectivity index (χ2n) is 7.30. The Morgan fingerprint density at radius 2 is 2.04 bits per heavy atom. The van der Waals surface area contributed by atoms with Gasteiger partial charge in [0.1, 0.15) is 11.6 Å². The molecule has 1 saturated carbocycles. The van der Waals surface area contributed by atoms with Gasteiger partial charge in [-0.2, -0.15) is 0 Å². The molecule has 0 saturated heterocycles. The van der Waals surface area contributed by atoms with Crippen molar-refractivity contribution in [2.45, 2.75) is 31.0 Å². The summed E-state index contributed by atoms with van der Waals surface area (Å²) in [5, 5.41) is 24.6. The summed E-state index contributed by atoms with van der Waals surface area (Å²) in [6.07, 6.45) is 2.05. The number of rotatable bonds is 5. The number of hydrogen-bond acceptors (Lipinski definition) is 6. The Kier molecular flexibility index (Phi) is 4.14. The summed E-state index contributed by atoms with van der Waals surface area (Å²) < 4.78 is 0. The van der Waals surface area contributed by atoms with Crippen LogP contribution in [0, 0.1) is 5.92 Å². The molecule has 8 nitrogen and oxygen atoms in total. The van der Waals surface area contributed by atoms with Crippen LogP contribution in [0.1, 0.15) is 41.3 Å². The normalized spacial score (nSPS) is 23.9. The van der Waals surface area contributed by atoms with E-state index in [1.54, 1.807) is 6.20 Å². The zero-order valence-electron chi connectivity index (χ0n) is 15.0. The minimum atomic E-state index is -1.11. The molecule has 8 heteroatoms. The van der Waals surface area contributed by atoms with Crippen molar-refractivity contribution in [3.8, 4) is 0 Å². The SMILES string of the molecule is O=C1Nc2ncccc2[C@@H]2C[C@@H]2[C@@H]1NC(O)c1nnc(Cc2ccccc2)[nH]1. The van der Waals surface area contributed by atoms with Gasteiger partial charge in [0.25, 0.3) is 0 Å². The van der Waals surface area contributed by atoms with E-state index in [-0.39, 0.29) is 17.7 Å². The van der Waals surface area contributed by atoms with E-state index in [0.29, 0.717) is 23.9 Å². The van der Waals surface area contributed by atoms with Gasteiger partial charge in [0.2, 0.25) is 5.91 Å². The number of nitrogens with one attached hydrogen (secondary N) is 3. The number of H-pyrrole nitrogens is 1. The lowest BCUT2D eigenvalue weighted by molar-refractivity contribution is -0.119. The van der Waals surface area contributed by atoms with E-state index in [2.05, 4.69) is 30.8 Å². The molecule has 2 aromatic heterocycles. The van der Waals surface area contributed by atoms with Crippen LogP contribution in [-0.4, -0.2) is 37.2 Å². The van der Waals surface area contributed by atoms with Crippen molar-refractivity contribution in [3.63, 3.8) is 0 Å². The van der Waals surface area contributed by atoms with Crippen LogP contribution >= 0.6 is 0 Å². The molecule has 1 aliphatic heterocycles. The van der Waals surface area contributed by atoms with E-state index < -0.39 is 12.3 Å². The number of aromatic nitrogens is 4. The maximum absolute atomic E-state index is 12.7. The number of aromatic amines is 1. The fourth-order valence-electron chi connectivity index (χ4n) is 3.90. The standard InChI is InChI=1S/C20H20N6O2/c27-19-16(14-10-13(14)12-7-4-8-21-17(12)24-19)23-20(28)18-22-15(25-26-18)9-11-5-2-1-3-6-11/h1-8,13-14,16,20,23,28H,9-10H2,(H,21,24,27)(H,22,25,26)/t13-,14-,16-,20?/m0/s1. The van der Waals surface area contributed by atoms with Gasteiger partial charge in [-0.3, -0.25) is 10.1 Å². The highest BCUT2D eigenvalue weighted by Gasteiger charge is 2.50. The molecule has 2 aliphatic rings. The first-order valence-electron chi connectivity index (χ1n) is 9.34. The first kappa shape index (κ1) is 17.0. The lowest BCUT2D eigenvalue weighted by Gasteiger charge is -2.19. The van der Waals surface area contributed by atoms with Crippen LogP contribution in [0.15, 0.2) is 48.7 Å². The maximum atomic E-state index is 12.7. The van der Waals surface area contributed by atoms with Crippen molar-refractivity contribution in [1.82, 2.24) is 25.5 Å². The fraction of sp³-hybridized carbons (Fsp3) is 0.300. The van der Waals surface area contributed by atoms with Crippen LogP contribution in [0.4, 0.5) is 5.82 Å². The summed E-state index contributed by atoms with van der Waals surface area (Å²) in [4.78, 5) is 20.0. The first-order valence-corrected chi connectivity index (χ1v) is 9.34. The highest BCUT2D eigenvalue weighted by atomic mass is 16.3. The largest absolute Gasteiger partial charge is 0.371 e. The van der Waals surface area contributed by atoms with Crippen molar-refractivity contribution in [3.05, 3.63) is 71.4 Å². The van der Waals surface area contributed by atoms with Crippen LogP contribution in [0.2, 0.25) is 0 Å². The Bertz CT molecular complexity index is 1000. The Balaban J connectivity index is 1.29. The summed E-state index contributed by atoms with van der Waals surface area (Å²) in [5.41, 5.74) is 2.16. The summed E-state index contributed by atoms with van der Waals surface area (Å²) >= 11 is 0. The third kappa shape index (κ3) is 3.17. The summed E-state index contributed by atoms with van der Waals surface area (Å²) in [6, 6.07) is 13.3. The average Bonchev–Trinajstić information content (AvgIpc) is 3.37. The number of aliphatic hydroxyl groups excluding tert-OH is 1. The lowest BCUT2D eigenvalue weighted by Crippen LogP contribution is -2.44. The molecule has 0 spiro atoms. The number of amides is 1. The zero-order chi connectivity index (χ0) is 19.1. The summed E-state index contributed by atoms with van der Waals surface area (Å²) in [5.74, 6) is 1.79. The molecule has 0 bridgehead atoms. The van der Waals surface area contributed by atoms with Gasteiger partial charge < -0.3 is 15.4 Å². The third-order valence-corrected chi connectivity index (χ3v) is 5.39. The third-order valence-electron chi connectivity index (χ3n) is 5.39. The monoisotopic (exact) mass is 376 g/mol. The van der Waals surface area contributed by atoms with Crippen LogP contribution < -0.4 is 10.6 Å². The summed E-state index contributed by atoms with van der Waals surface area (Å²) in [6.45, 7) is 0. The second kappa shape index (κ2) is 6.81. The fourth-order valence-corrected chi connectivity index (χ4v) is 3.90. The van der Waals surface area contributed by atoms with Gasteiger partial charge in [0.05, 0.1) is 6.04 Å². The highest BCUT2D eigenvalue weighted by Crippen LogP contribution is 2.53. The van der Waals surface area contributed by atoms with Crippen molar-refractivity contribution >= 4 is 11.7 Å². The number of carbonyl (C=O) groups is 1. The predicted molar refractivity (Wildman–Crippen MR) is 101 cm³/mol. The van der Waals surface area contributed by atoms with Crippen molar-refractivity contribution in [2.75, 3.05) is 5.32 Å². The molecule has 28 heavy (non-hydrogen) atoms. The highest BCUT2D eigenvalue weighted by molar-refractivity contribution is 5.96. The van der Waals surface area contributed by atoms with Gasteiger partial charge in [-0.15, -0.1) is 10.2 Å². The number of pyridine rings is 1. The average molecular weight is 376 g/mol. The molecule has 1 unspecified atom stereocenters. The maximum Gasteiger partial charge on any atom is 0.243 e. The quantitative estimate of drug-likeness (QED) is 0.502. The molecule has 4 atom stereocenters. The van der Waals surface area contributed by atoms with E-state index in [1.807, 2.05) is 42.5 Å². The Morgan fingerprint density at radius 1 is 1.18 bits per heavy atom. The molecule has 4 N–H and O–H groups in total. The molecular weight excluding hydrogens is 356 g/mol. The molecule has 142 valence electrons. The molecule has 3 heterocycles. The predicted octanol–water partition coefficient (Wildman–Crippen LogP) is 1.50. The van der Waals surface area contributed by atoms with Gasteiger partial charge in [-0.05, 0) is 35.4 Å². The molecular formula is C20H20N6O2. The number of fused-ring (bicyclic) bond motifs is 3. The molecule has 1 fully saturated rings. The number of benzene rings is 1. The smallest absolute Gasteiger partial charge is 0.243 e. The van der Waals surface area contributed by atoms with E-state index in [1.165, 1.54) is 0 Å². The zero-order valence-corrected chi connectivity index (χ0v) is 15.0. The Labute approximate surface area is 161 Å². The number of hydrogen-bond donors (Lipinski definition) is 4. The molecule has 1 aromatic carbocycles. The molecule has 1 aliphatic carbocycles. The van der Waals surface area contributed by atoms with E-state index in [4.69, 9.17) is 0 Å². The topological polar surface area (TPSA) is 116 Å². The van der Waals surface area contributed by atoms with Crippen LogP contribution in [0.3, 0.4) is 0 Å². The first-order chi connectivity index (χ1) is 13.7. The minimum Gasteiger partial charge on any atom is -0.371 e. The van der Waals surface area contributed by atoms with Crippen LogP contribution in [-0.2, 0) is 11.2 Å². The Hall–Kier alpha value is -3.10. The van der Waals surface area contributed by atoms with Gasteiger partial charge in [-0.25, -0.2) is 4.98 Å². The van der Waals surface area contributed by atoms with Crippen LogP contribution in [0.25, 0.3) is 0 Å². The minimum absolute atomic E-state index is 0.131. The van der Waals surface area contributed by atoms with Crippen molar-refractivity contribution in [1.29, 1.82) is 0 Å². The number of anilines is 1. The van der Waals surface area contributed by atoms with E-state index >= 15 is 0 Å². The van der Waals surface area contributed by atoms with Crippen LogP contribution in [0.5, 0.6) is 0 Å². The van der Waals surface area contributed by atoms with E-state index in [0.717, 1.165) is 17.5 Å². The van der Waals surface area contributed by atoms with E-state index in [9.17, 15) is 9.90 Å². The van der Waals surface area contributed by atoms with Crippen molar-refractivity contribution < 1.29 is 9.90 Å². The molecule has 5 rings (SSSR count). The summed E-state index contributed by atoms with van der Waals surface area (Å²) in [7, 11) is 0. The number of carbonyl (C=O) groups excluding carboxylic acids is 1. The van der Waals surface area contributed by atoms with Gasteiger partial charge >= 0.3 is 0 Å². The lowest BCUT2D eigenvalue weighted by atomic mass is 10.1. The molecule has 0 radical (unpaired) electrons.